The molecule has 10 nitrogen and oxygen atoms in total. The first-order valence-corrected chi connectivity index (χ1v) is 13.1. The first kappa shape index (κ1) is 24.9. The molecule has 0 saturated carbocycles. The second kappa shape index (κ2) is 9.75. The van der Waals surface area contributed by atoms with Crippen molar-refractivity contribution in [3.05, 3.63) is 63.3 Å². The molecule has 2 aromatic carbocycles. The zero-order valence-electron chi connectivity index (χ0n) is 21.9. The summed E-state index contributed by atoms with van der Waals surface area (Å²) >= 11 is 0. The summed E-state index contributed by atoms with van der Waals surface area (Å²) in [6.07, 6.45) is 2.00. The second-order valence-electron chi connectivity index (χ2n) is 10.3. The van der Waals surface area contributed by atoms with Crippen molar-refractivity contribution in [1.82, 2.24) is 9.55 Å². The van der Waals surface area contributed by atoms with Gasteiger partial charge in [0.1, 0.15) is 29.0 Å². The highest BCUT2D eigenvalue weighted by atomic mass is 16.5. The van der Waals surface area contributed by atoms with Gasteiger partial charge in [0.2, 0.25) is 0 Å². The minimum Gasteiger partial charge on any atom is -0.486 e. The van der Waals surface area contributed by atoms with Crippen LogP contribution in [0.15, 0.2) is 39.5 Å². The number of rotatable bonds is 5. The molecule has 2 aliphatic rings. The Kier molecular flexibility index (Phi) is 6.23. The molecule has 1 amide bonds. The molecule has 0 aliphatic carbocycles. The van der Waals surface area contributed by atoms with Crippen molar-refractivity contribution in [3.8, 4) is 11.8 Å². The van der Waals surface area contributed by atoms with Gasteiger partial charge in [0, 0.05) is 43.9 Å². The number of fused-ring (bicyclic) bond motifs is 2. The van der Waals surface area contributed by atoms with E-state index in [1.54, 1.807) is 19.2 Å². The van der Waals surface area contributed by atoms with E-state index in [0.29, 0.717) is 72.9 Å². The smallest absolute Gasteiger partial charge is 0.265 e. The van der Waals surface area contributed by atoms with Crippen LogP contribution in [-0.4, -0.2) is 47.9 Å². The summed E-state index contributed by atoms with van der Waals surface area (Å²) in [6, 6.07) is 11.5. The molecular formula is C29H29N5O5. The quantitative estimate of drug-likeness (QED) is 0.416. The summed E-state index contributed by atoms with van der Waals surface area (Å²) in [5, 5.41) is 10.5. The fraction of sp³-hybridized carbons (Fsp3) is 0.379. The molecule has 0 bridgehead atoms. The van der Waals surface area contributed by atoms with Crippen molar-refractivity contribution in [2.45, 2.75) is 38.2 Å². The number of hydrogen-bond donors (Lipinski definition) is 1. The number of amides is 1. The van der Waals surface area contributed by atoms with Crippen LogP contribution < -0.4 is 20.9 Å². The summed E-state index contributed by atoms with van der Waals surface area (Å²) in [6.45, 7) is 4.19. The van der Waals surface area contributed by atoms with E-state index in [0.717, 1.165) is 23.1 Å². The van der Waals surface area contributed by atoms with Gasteiger partial charge < -0.3 is 29.1 Å². The maximum Gasteiger partial charge on any atom is 0.265 e. The Morgan fingerprint density at radius 1 is 1.21 bits per heavy atom. The summed E-state index contributed by atoms with van der Waals surface area (Å²) in [4.78, 5) is 32.7. The average molecular weight is 528 g/mol. The highest BCUT2D eigenvalue weighted by Gasteiger charge is 2.31. The normalized spacial score (nSPS) is 18.1. The fourth-order valence-electron chi connectivity index (χ4n) is 5.65. The number of nitrogens with two attached hydrogens (primary N) is 1. The number of nitrogens with zero attached hydrogens (tertiary/aromatic N) is 4. The number of primary amides is 1. The summed E-state index contributed by atoms with van der Waals surface area (Å²) < 4.78 is 18.9. The van der Waals surface area contributed by atoms with Crippen molar-refractivity contribution in [3.63, 3.8) is 0 Å². The van der Waals surface area contributed by atoms with Crippen LogP contribution in [0.25, 0.3) is 22.0 Å². The SMILES string of the molecule is Cc1ccc2oc(C3CCN(c4c(C(N)=O)c(=O)n(C)c5cc(O[C@@H]6CCOC6)c(C#N)cc45)CC3)nc2c1. The average Bonchev–Trinajstić information content (AvgIpc) is 3.60. The molecule has 39 heavy (non-hydrogen) atoms. The van der Waals surface area contributed by atoms with Crippen molar-refractivity contribution < 1.29 is 18.7 Å². The number of benzene rings is 2. The molecule has 6 rings (SSSR count). The van der Waals surface area contributed by atoms with Gasteiger partial charge >= 0.3 is 0 Å². The predicted octanol–water partition coefficient (Wildman–Crippen LogP) is 3.51. The van der Waals surface area contributed by atoms with Crippen molar-refractivity contribution in [2.75, 3.05) is 31.2 Å². The van der Waals surface area contributed by atoms with E-state index in [2.05, 4.69) is 6.07 Å². The Hall–Kier alpha value is -4.36. The minimum absolute atomic E-state index is 0.0810. The molecule has 1 atom stereocenters. The van der Waals surface area contributed by atoms with E-state index >= 15 is 0 Å². The second-order valence-corrected chi connectivity index (χ2v) is 10.3. The molecule has 2 aromatic heterocycles. The van der Waals surface area contributed by atoms with Crippen LogP contribution in [-0.2, 0) is 11.8 Å². The van der Waals surface area contributed by atoms with Gasteiger partial charge in [-0.25, -0.2) is 4.98 Å². The highest BCUT2D eigenvalue weighted by Crippen LogP contribution is 2.38. The fourth-order valence-corrected chi connectivity index (χ4v) is 5.65. The molecule has 0 unspecified atom stereocenters. The number of aromatic nitrogens is 2. The summed E-state index contributed by atoms with van der Waals surface area (Å²) in [5.41, 5.74) is 9.25. The van der Waals surface area contributed by atoms with Crippen LogP contribution in [0.3, 0.4) is 0 Å². The van der Waals surface area contributed by atoms with Gasteiger partial charge in [0.15, 0.2) is 11.5 Å². The zero-order chi connectivity index (χ0) is 27.3. The van der Waals surface area contributed by atoms with Crippen molar-refractivity contribution >= 4 is 33.6 Å². The first-order chi connectivity index (χ1) is 18.8. The van der Waals surface area contributed by atoms with E-state index in [9.17, 15) is 14.9 Å². The third-order valence-corrected chi connectivity index (χ3v) is 7.74. The van der Waals surface area contributed by atoms with Crippen molar-refractivity contribution in [2.24, 2.45) is 12.8 Å². The Morgan fingerprint density at radius 2 is 2.00 bits per heavy atom. The topological polar surface area (TPSA) is 137 Å². The van der Waals surface area contributed by atoms with E-state index in [-0.39, 0.29) is 17.6 Å². The van der Waals surface area contributed by atoms with E-state index in [1.165, 1.54) is 4.57 Å². The van der Waals surface area contributed by atoms with Crippen LogP contribution in [0, 0.1) is 18.3 Å². The largest absolute Gasteiger partial charge is 0.486 e. The lowest BCUT2D eigenvalue weighted by atomic mass is 9.94. The molecular weight excluding hydrogens is 498 g/mol. The van der Waals surface area contributed by atoms with E-state index in [1.807, 2.05) is 30.0 Å². The Bertz CT molecular complexity index is 1700. The third-order valence-electron chi connectivity index (χ3n) is 7.74. The Morgan fingerprint density at radius 3 is 2.69 bits per heavy atom. The van der Waals surface area contributed by atoms with Crippen LogP contribution in [0.4, 0.5) is 5.69 Å². The van der Waals surface area contributed by atoms with Gasteiger partial charge in [-0.3, -0.25) is 9.59 Å². The van der Waals surface area contributed by atoms with Gasteiger partial charge in [-0.1, -0.05) is 6.07 Å². The van der Waals surface area contributed by atoms with Crippen LogP contribution in [0.1, 0.15) is 52.6 Å². The number of carbonyl (C=O) groups is 1. The maximum absolute atomic E-state index is 13.4. The molecule has 0 radical (unpaired) electrons. The van der Waals surface area contributed by atoms with E-state index in [4.69, 9.17) is 24.6 Å². The lowest BCUT2D eigenvalue weighted by molar-refractivity contribution is 0.0999. The number of anilines is 1. The van der Waals surface area contributed by atoms with Crippen LogP contribution in [0.5, 0.6) is 5.75 Å². The number of oxazole rings is 1. The summed E-state index contributed by atoms with van der Waals surface area (Å²) in [7, 11) is 1.59. The lowest BCUT2D eigenvalue weighted by Crippen LogP contribution is -2.38. The van der Waals surface area contributed by atoms with Crippen LogP contribution in [0.2, 0.25) is 0 Å². The molecule has 2 saturated heterocycles. The van der Waals surface area contributed by atoms with Crippen LogP contribution >= 0.6 is 0 Å². The zero-order valence-corrected chi connectivity index (χ0v) is 21.9. The number of aryl methyl sites for hydroxylation is 2. The molecule has 4 aromatic rings. The highest BCUT2D eigenvalue weighted by molar-refractivity contribution is 6.07. The number of nitriles is 1. The monoisotopic (exact) mass is 527 g/mol. The lowest BCUT2D eigenvalue weighted by Gasteiger charge is -2.34. The molecule has 10 heteroatoms. The molecule has 200 valence electrons. The Balaban J connectivity index is 1.38. The van der Waals surface area contributed by atoms with E-state index < -0.39 is 11.5 Å². The van der Waals surface area contributed by atoms with Gasteiger partial charge in [0.25, 0.3) is 11.5 Å². The maximum atomic E-state index is 13.4. The number of ether oxygens (including phenoxy) is 2. The number of piperidine rings is 1. The third kappa shape index (κ3) is 4.38. The van der Waals surface area contributed by atoms with Gasteiger partial charge in [-0.15, -0.1) is 0 Å². The number of hydrogen-bond acceptors (Lipinski definition) is 8. The molecule has 2 fully saturated rings. The van der Waals surface area contributed by atoms with Gasteiger partial charge in [-0.05, 0) is 43.5 Å². The Labute approximate surface area is 224 Å². The molecule has 2 N–H and O–H groups in total. The molecule has 0 spiro atoms. The summed E-state index contributed by atoms with van der Waals surface area (Å²) in [5.74, 6) is 0.389. The number of carbonyl (C=O) groups excluding carboxylic acids is 1. The van der Waals surface area contributed by atoms with Crippen molar-refractivity contribution in [1.29, 1.82) is 5.26 Å². The molecule has 4 heterocycles. The first-order valence-electron chi connectivity index (χ1n) is 13.1. The standard InChI is InChI=1S/C29H29N5O5/c1-16-3-4-23-21(11-16)32-28(39-23)17-5-8-34(9-6-17)26-20-12-18(14-30)24(38-19-7-10-37-15-19)13-22(20)33(2)29(36)25(26)27(31)35/h3-4,11-13,17,19H,5-10,15H2,1-2H3,(H2,31,35)/t19-/m1/s1. The predicted molar refractivity (Wildman–Crippen MR) is 145 cm³/mol. The van der Waals surface area contributed by atoms with Gasteiger partial charge in [0.05, 0.1) is 30.0 Å². The number of pyridine rings is 1. The van der Waals surface area contributed by atoms with Gasteiger partial charge in [-0.2, -0.15) is 5.26 Å². The minimum atomic E-state index is -0.800. The molecule has 2 aliphatic heterocycles.